The zero-order valence-electron chi connectivity index (χ0n) is 9.89. The van der Waals surface area contributed by atoms with Crippen LogP contribution in [0.5, 0.6) is 0 Å². The molecule has 0 aromatic heterocycles. The van der Waals surface area contributed by atoms with Gasteiger partial charge < -0.3 is 4.90 Å². The first-order chi connectivity index (χ1) is 5.92. The largest absolute Gasteiger partial charge is 0.321 e. The molecule has 1 rings (SSSR count). The standard InChI is InChI=1S/C11H23N2/c1-7-8-12-9(2)10(3)13(5,6)11(12)4/h11H,7-8H2,1-6H3/q+1. The van der Waals surface area contributed by atoms with Crippen molar-refractivity contribution in [2.24, 2.45) is 0 Å². The first-order valence-corrected chi connectivity index (χ1v) is 5.21. The van der Waals surface area contributed by atoms with Gasteiger partial charge in [0, 0.05) is 20.4 Å². The van der Waals surface area contributed by atoms with Crippen molar-refractivity contribution in [1.29, 1.82) is 0 Å². The van der Waals surface area contributed by atoms with Crippen LogP contribution in [0.3, 0.4) is 0 Å². The SMILES string of the molecule is CCCN1C(C)=C(C)[N+](C)(C)C1C. The van der Waals surface area contributed by atoms with Crippen molar-refractivity contribution < 1.29 is 4.48 Å². The Morgan fingerprint density at radius 1 is 1.31 bits per heavy atom. The number of quaternary nitrogens is 1. The maximum Gasteiger partial charge on any atom is 0.165 e. The van der Waals surface area contributed by atoms with Crippen LogP contribution < -0.4 is 0 Å². The lowest BCUT2D eigenvalue weighted by Gasteiger charge is -2.34. The van der Waals surface area contributed by atoms with E-state index in [0.29, 0.717) is 6.17 Å². The Bertz CT molecular complexity index is 228. The Hall–Kier alpha value is -0.500. The normalized spacial score (nSPS) is 27.2. The van der Waals surface area contributed by atoms with E-state index in [9.17, 15) is 0 Å². The van der Waals surface area contributed by atoms with E-state index in [0.717, 1.165) is 4.48 Å². The molecule has 0 aromatic rings. The summed E-state index contributed by atoms with van der Waals surface area (Å²) in [5, 5.41) is 0. The van der Waals surface area contributed by atoms with Gasteiger partial charge in [-0.3, -0.25) is 4.48 Å². The molecule has 0 N–H and O–H groups in total. The quantitative estimate of drug-likeness (QED) is 0.594. The summed E-state index contributed by atoms with van der Waals surface area (Å²) in [6.07, 6.45) is 1.83. The number of allylic oxidation sites excluding steroid dienone is 2. The summed E-state index contributed by atoms with van der Waals surface area (Å²) in [4.78, 5) is 2.52. The van der Waals surface area contributed by atoms with E-state index in [1.165, 1.54) is 24.4 Å². The Kier molecular flexibility index (Phi) is 2.71. The third-order valence-corrected chi connectivity index (χ3v) is 3.67. The van der Waals surface area contributed by atoms with Crippen molar-refractivity contribution >= 4 is 0 Å². The van der Waals surface area contributed by atoms with E-state index >= 15 is 0 Å². The summed E-state index contributed by atoms with van der Waals surface area (Å²) in [5.74, 6) is 0. The number of nitrogens with zero attached hydrogens (tertiary/aromatic N) is 2. The van der Waals surface area contributed by atoms with E-state index < -0.39 is 0 Å². The Morgan fingerprint density at radius 3 is 2.15 bits per heavy atom. The number of rotatable bonds is 2. The van der Waals surface area contributed by atoms with E-state index in [1.54, 1.807) is 0 Å². The molecule has 0 saturated heterocycles. The van der Waals surface area contributed by atoms with Crippen LogP contribution in [0.4, 0.5) is 0 Å². The maximum absolute atomic E-state index is 2.52. The van der Waals surface area contributed by atoms with Crippen LogP contribution in [-0.4, -0.2) is 36.2 Å². The Balaban J connectivity index is 2.93. The first kappa shape index (κ1) is 10.6. The number of hydrogen-bond acceptors (Lipinski definition) is 1. The van der Waals surface area contributed by atoms with E-state index in [4.69, 9.17) is 0 Å². The van der Waals surface area contributed by atoms with Crippen LogP contribution in [-0.2, 0) is 0 Å². The second-order valence-corrected chi connectivity index (χ2v) is 4.54. The summed E-state index contributed by atoms with van der Waals surface area (Å²) in [6, 6.07) is 0. The Morgan fingerprint density at radius 2 is 1.85 bits per heavy atom. The highest BCUT2D eigenvalue weighted by Gasteiger charge is 2.40. The smallest absolute Gasteiger partial charge is 0.165 e. The molecular weight excluding hydrogens is 160 g/mol. The molecule has 1 aliphatic heterocycles. The lowest BCUT2D eigenvalue weighted by molar-refractivity contribution is -0.878. The minimum atomic E-state index is 0.597. The first-order valence-electron chi connectivity index (χ1n) is 5.21. The molecule has 1 unspecified atom stereocenters. The van der Waals surface area contributed by atoms with Gasteiger partial charge in [0.25, 0.3) is 0 Å². The van der Waals surface area contributed by atoms with Gasteiger partial charge in [0.1, 0.15) is 5.70 Å². The fourth-order valence-corrected chi connectivity index (χ4v) is 2.13. The summed E-state index contributed by atoms with van der Waals surface area (Å²) in [6.45, 7) is 10.2. The third kappa shape index (κ3) is 1.48. The molecule has 1 atom stereocenters. The van der Waals surface area contributed by atoms with E-state index in [-0.39, 0.29) is 0 Å². The number of hydrogen-bond donors (Lipinski definition) is 0. The van der Waals surface area contributed by atoms with Gasteiger partial charge in [-0.1, -0.05) is 6.92 Å². The van der Waals surface area contributed by atoms with Crippen LogP contribution in [0.1, 0.15) is 34.1 Å². The fourth-order valence-electron chi connectivity index (χ4n) is 2.13. The van der Waals surface area contributed by atoms with Gasteiger partial charge in [0.15, 0.2) is 6.17 Å². The summed E-state index contributed by atoms with van der Waals surface area (Å²) < 4.78 is 1.02. The molecule has 0 fully saturated rings. The predicted octanol–water partition coefficient (Wildman–Crippen LogP) is 2.39. The molecule has 2 heteroatoms. The van der Waals surface area contributed by atoms with Crippen LogP contribution in [0.2, 0.25) is 0 Å². The van der Waals surface area contributed by atoms with E-state index in [1.807, 2.05) is 0 Å². The summed E-state index contributed by atoms with van der Waals surface area (Å²) >= 11 is 0. The molecule has 0 aliphatic carbocycles. The monoisotopic (exact) mass is 183 g/mol. The second kappa shape index (κ2) is 3.33. The molecule has 2 nitrogen and oxygen atoms in total. The summed E-state index contributed by atoms with van der Waals surface area (Å²) in [5.41, 5.74) is 2.97. The average Bonchev–Trinajstić information content (AvgIpc) is 2.21. The van der Waals surface area contributed by atoms with Gasteiger partial charge in [-0.05, 0) is 13.3 Å². The van der Waals surface area contributed by atoms with Gasteiger partial charge in [0.2, 0.25) is 0 Å². The molecule has 1 aliphatic rings. The van der Waals surface area contributed by atoms with Gasteiger partial charge >= 0.3 is 0 Å². The predicted molar refractivity (Wildman–Crippen MR) is 56.9 cm³/mol. The fraction of sp³-hybridized carbons (Fsp3) is 0.818. The lowest BCUT2D eigenvalue weighted by atomic mass is 10.3. The van der Waals surface area contributed by atoms with Crippen molar-refractivity contribution in [1.82, 2.24) is 4.90 Å². The maximum atomic E-state index is 2.52. The van der Waals surface area contributed by atoms with Crippen molar-refractivity contribution in [2.45, 2.75) is 40.3 Å². The third-order valence-electron chi connectivity index (χ3n) is 3.67. The second-order valence-electron chi connectivity index (χ2n) is 4.54. The van der Waals surface area contributed by atoms with Gasteiger partial charge in [0.05, 0.1) is 19.8 Å². The van der Waals surface area contributed by atoms with Crippen molar-refractivity contribution in [2.75, 3.05) is 20.6 Å². The molecule has 13 heavy (non-hydrogen) atoms. The van der Waals surface area contributed by atoms with Crippen LogP contribution in [0.25, 0.3) is 0 Å². The zero-order chi connectivity index (χ0) is 10.2. The lowest BCUT2D eigenvalue weighted by Crippen LogP contribution is -2.48. The van der Waals surface area contributed by atoms with Crippen molar-refractivity contribution in [3.8, 4) is 0 Å². The highest BCUT2D eigenvalue weighted by Crippen LogP contribution is 2.32. The van der Waals surface area contributed by atoms with Crippen LogP contribution in [0, 0.1) is 0 Å². The van der Waals surface area contributed by atoms with E-state index in [2.05, 4.69) is 46.7 Å². The van der Waals surface area contributed by atoms with Crippen LogP contribution in [0.15, 0.2) is 11.4 Å². The molecule has 76 valence electrons. The molecule has 0 amide bonds. The minimum Gasteiger partial charge on any atom is -0.321 e. The average molecular weight is 183 g/mol. The molecule has 0 saturated carbocycles. The van der Waals surface area contributed by atoms with Crippen molar-refractivity contribution in [3.05, 3.63) is 11.4 Å². The minimum absolute atomic E-state index is 0.597. The van der Waals surface area contributed by atoms with Crippen molar-refractivity contribution in [3.63, 3.8) is 0 Å². The van der Waals surface area contributed by atoms with Gasteiger partial charge in [-0.2, -0.15) is 0 Å². The topological polar surface area (TPSA) is 3.24 Å². The Labute approximate surface area is 82.4 Å². The highest BCUT2D eigenvalue weighted by molar-refractivity contribution is 5.08. The van der Waals surface area contributed by atoms with Gasteiger partial charge in [-0.25, -0.2) is 0 Å². The highest BCUT2D eigenvalue weighted by atomic mass is 15.5. The zero-order valence-corrected chi connectivity index (χ0v) is 9.89. The molecule has 0 radical (unpaired) electrons. The molecular formula is C11H23N2+. The summed E-state index contributed by atoms with van der Waals surface area (Å²) in [7, 11) is 4.58. The molecule has 0 bridgehead atoms. The molecule has 0 spiro atoms. The van der Waals surface area contributed by atoms with Crippen LogP contribution >= 0.6 is 0 Å². The molecule has 1 heterocycles. The van der Waals surface area contributed by atoms with Gasteiger partial charge in [-0.15, -0.1) is 0 Å². The molecule has 0 aromatic carbocycles.